The van der Waals surface area contributed by atoms with Gasteiger partial charge in [-0.05, 0) is 30.2 Å². The van der Waals surface area contributed by atoms with E-state index in [9.17, 15) is 13.6 Å². The Morgan fingerprint density at radius 1 is 1.31 bits per heavy atom. The smallest absolute Gasteiger partial charge is 0.388 e. The van der Waals surface area contributed by atoms with Crippen LogP contribution in [0.25, 0.3) is 5.57 Å². The van der Waals surface area contributed by atoms with Crippen LogP contribution in [0.5, 0.6) is 5.88 Å². The van der Waals surface area contributed by atoms with Crippen LogP contribution in [0.3, 0.4) is 0 Å². The molecule has 0 spiro atoms. The molecular formula is C18H14ClF2N3O2. The molecule has 5 nitrogen and oxygen atoms in total. The number of likely N-dealkylation sites (N-methyl/N-ethyl adjacent to an activating group) is 1. The number of pyridine rings is 2. The Balaban J connectivity index is 1.90. The van der Waals surface area contributed by atoms with Crippen molar-refractivity contribution in [2.45, 2.75) is 25.0 Å². The number of fused-ring (bicyclic) bond motifs is 4. The predicted molar refractivity (Wildman–Crippen MR) is 91.3 cm³/mol. The van der Waals surface area contributed by atoms with Crippen molar-refractivity contribution in [3.63, 3.8) is 0 Å². The van der Waals surface area contributed by atoms with E-state index in [1.807, 2.05) is 6.08 Å². The number of halogens is 3. The molecule has 1 amide bonds. The number of carbonyl (C=O) groups is 1. The van der Waals surface area contributed by atoms with Crippen LogP contribution in [-0.2, 0) is 0 Å². The molecule has 2 aliphatic rings. The van der Waals surface area contributed by atoms with Gasteiger partial charge in [-0.15, -0.1) is 0 Å². The lowest BCUT2D eigenvalue weighted by Crippen LogP contribution is -2.33. The molecule has 4 rings (SSSR count). The molecule has 0 aromatic carbocycles. The number of allylic oxidation sites excluding steroid dienone is 1. The molecule has 2 aromatic rings. The van der Waals surface area contributed by atoms with Crippen LogP contribution in [0.2, 0.25) is 5.02 Å². The lowest BCUT2D eigenvalue weighted by Gasteiger charge is -2.23. The molecule has 2 aromatic heterocycles. The van der Waals surface area contributed by atoms with Crippen molar-refractivity contribution in [3.05, 3.63) is 58.5 Å². The summed E-state index contributed by atoms with van der Waals surface area (Å²) in [5, 5.41) is 0.523. The maximum Gasteiger partial charge on any atom is 0.388 e. The number of alkyl halides is 2. The second-order valence-corrected chi connectivity index (χ2v) is 6.65. The van der Waals surface area contributed by atoms with Crippen molar-refractivity contribution in [2.75, 3.05) is 7.05 Å². The second-order valence-electron chi connectivity index (χ2n) is 6.21. The Hall–Kier alpha value is -2.54. The van der Waals surface area contributed by atoms with Gasteiger partial charge in [-0.2, -0.15) is 8.78 Å². The third-order valence-electron chi connectivity index (χ3n) is 4.79. The van der Waals surface area contributed by atoms with E-state index >= 15 is 0 Å². The standard InChI is InChI=1S/C18H14ClF2N3O2/c1-24-10-7-12(14-6-9(19)2-4-22-14)13(8-10)15-11(17(24)25)3-5-23-16(15)26-18(20)21/h2-7,10,13,18H,8H2,1H3. The number of hydrogen-bond acceptors (Lipinski definition) is 4. The van der Waals surface area contributed by atoms with Gasteiger partial charge in [-0.25, -0.2) is 4.98 Å². The van der Waals surface area contributed by atoms with Gasteiger partial charge in [0.1, 0.15) is 0 Å². The largest absolute Gasteiger partial charge is 0.417 e. The third kappa shape index (κ3) is 2.72. The number of amides is 1. The molecule has 0 saturated carbocycles. The number of ether oxygens (including phenoxy) is 1. The molecule has 2 bridgehead atoms. The molecule has 2 atom stereocenters. The molecule has 0 fully saturated rings. The van der Waals surface area contributed by atoms with Gasteiger partial charge < -0.3 is 9.64 Å². The van der Waals surface area contributed by atoms with Crippen LogP contribution < -0.4 is 4.74 Å². The lowest BCUT2D eigenvalue weighted by molar-refractivity contribution is -0.0536. The summed E-state index contributed by atoms with van der Waals surface area (Å²) in [4.78, 5) is 22.7. The van der Waals surface area contributed by atoms with Crippen LogP contribution in [0.1, 0.15) is 34.0 Å². The zero-order valence-electron chi connectivity index (χ0n) is 13.7. The predicted octanol–water partition coefficient (Wildman–Crippen LogP) is 3.76. The van der Waals surface area contributed by atoms with E-state index in [4.69, 9.17) is 11.6 Å². The summed E-state index contributed by atoms with van der Waals surface area (Å²) in [5.74, 6) is -0.805. The SMILES string of the molecule is CN1C(=O)c2ccnc(OC(F)F)c2C2CC1C=C2c1cc(Cl)ccn1. The first-order valence-corrected chi connectivity index (χ1v) is 8.38. The molecule has 1 aliphatic carbocycles. The van der Waals surface area contributed by atoms with E-state index < -0.39 is 6.61 Å². The first-order chi connectivity index (χ1) is 12.5. The van der Waals surface area contributed by atoms with Crippen molar-refractivity contribution in [1.29, 1.82) is 0 Å². The van der Waals surface area contributed by atoms with Crippen molar-refractivity contribution in [3.8, 4) is 5.88 Å². The highest BCUT2D eigenvalue weighted by atomic mass is 35.5. The van der Waals surface area contributed by atoms with Gasteiger partial charge >= 0.3 is 6.61 Å². The normalized spacial score (nSPS) is 21.5. The van der Waals surface area contributed by atoms with Gasteiger partial charge in [0.25, 0.3) is 5.91 Å². The summed E-state index contributed by atoms with van der Waals surface area (Å²) >= 11 is 6.08. The molecule has 0 saturated heterocycles. The topological polar surface area (TPSA) is 55.3 Å². The summed E-state index contributed by atoms with van der Waals surface area (Å²) < 4.78 is 30.4. The number of hydrogen-bond donors (Lipinski definition) is 0. The fourth-order valence-corrected chi connectivity index (χ4v) is 3.79. The summed E-state index contributed by atoms with van der Waals surface area (Å²) in [6.45, 7) is -3.03. The van der Waals surface area contributed by atoms with Crippen LogP contribution in [-0.4, -0.2) is 40.5 Å². The van der Waals surface area contributed by atoms with Gasteiger partial charge in [0, 0.05) is 35.9 Å². The lowest BCUT2D eigenvalue weighted by atomic mass is 9.88. The van der Waals surface area contributed by atoms with Gasteiger partial charge in [0.05, 0.1) is 17.3 Å². The third-order valence-corrected chi connectivity index (χ3v) is 5.03. The van der Waals surface area contributed by atoms with Gasteiger partial charge in [0.15, 0.2) is 0 Å². The number of carbonyl (C=O) groups excluding carboxylic acids is 1. The van der Waals surface area contributed by atoms with Crippen LogP contribution in [0.4, 0.5) is 8.78 Å². The Morgan fingerprint density at radius 3 is 2.81 bits per heavy atom. The Morgan fingerprint density at radius 2 is 2.08 bits per heavy atom. The van der Waals surface area contributed by atoms with Crippen LogP contribution in [0.15, 0.2) is 36.7 Å². The van der Waals surface area contributed by atoms with E-state index in [1.54, 1.807) is 30.3 Å². The second kappa shape index (κ2) is 6.32. The molecule has 3 heterocycles. The van der Waals surface area contributed by atoms with Crippen molar-refractivity contribution >= 4 is 23.1 Å². The first-order valence-electron chi connectivity index (χ1n) is 8.00. The zero-order chi connectivity index (χ0) is 18.4. The fourth-order valence-electron chi connectivity index (χ4n) is 3.63. The van der Waals surface area contributed by atoms with Crippen LogP contribution >= 0.6 is 11.6 Å². The fraction of sp³-hybridized carbons (Fsp3) is 0.278. The Labute approximate surface area is 153 Å². The minimum absolute atomic E-state index is 0.171. The molecule has 0 N–H and O–H groups in total. The quantitative estimate of drug-likeness (QED) is 0.817. The number of rotatable bonds is 3. The highest BCUT2D eigenvalue weighted by Crippen LogP contribution is 2.48. The maximum atomic E-state index is 12.9. The molecule has 26 heavy (non-hydrogen) atoms. The van der Waals surface area contributed by atoms with Gasteiger partial charge in [-0.1, -0.05) is 17.7 Å². The van der Waals surface area contributed by atoms with E-state index in [-0.39, 0.29) is 23.7 Å². The number of nitrogens with zero attached hydrogens (tertiary/aromatic N) is 3. The first kappa shape index (κ1) is 16.9. The molecule has 1 aliphatic heterocycles. The molecule has 134 valence electrons. The average molecular weight is 378 g/mol. The average Bonchev–Trinajstić information content (AvgIpc) is 3.00. The zero-order valence-corrected chi connectivity index (χ0v) is 14.5. The highest BCUT2D eigenvalue weighted by Gasteiger charge is 2.41. The van der Waals surface area contributed by atoms with Crippen molar-refractivity contribution in [2.24, 2.45) is 0 Å². The van der Waals surface area contributed by atoms with Crippen LogP contribution in [0, 0.1) is 0 Å². The van der Waals surface area contributed by atoms with Crippen molar-refractivity contribution in [1.82, 2.24) is 14.9 Å². The minimum Gasteiger partial charge on any atom is -0.417 e. The molecule has 8 heteroatoms. The molecule has 2 unspecified atom stereocenters. The van der Waals surface area contributed by atoms with E-state index in [1.165, 1.54) is 12.3 Å². The summed E-state index contributed by atoms with van der Waals surface area (Å²) in [5.41, 5.74) is 2.16. The van der Waals surface area contributed by atoms with Crippen molar-refractivity contribution < 1.29 is 18.3 Å². The summed E-state index contributed by atoms with van der Waals surface area (Å²) in [6.07, 6.45) is 5.37. The maximum absolute atomic E-state index is 12.9. The summed E-state index contributed by atoms with van der Waals surface area (Å²) in [6, 6.07) is 4.75. The minimum atomic E-state index is -3.03. The van der Waals surface area contributed by atoms with E-state index in [0.29, 0.717) is 28.3 Å². The molecule has 0 radical (unpaired) electrons. The monoisotopic (exact) mass is 377 g/mol. The highest BCUT2D eigenvalue weighted by molar-refractivity contribution is 6.30. The van der Waals surface area contributed by atoms with E-state index in [2.05, 4.69) is 14.7 Å². The Bertz CT molecular complexity index is 919. The Kier molecular flexibility index (Phi) is 4.11. The van der Waals surface area contributed by atoms with E-state index in [0.717, 1.165) is 5.57 Å². The van der Waals surface area contributed by atoms with Gasteiger partial charge in [-0.3, -0.25) is 9.78 Å². The number of aromatic nitrogens is 2. The molecular weight excluding hydrogens is 364 g/mol. The van der Waals surface area contributed by atoms with Gasteiger partial charge in [0.2, 0.25) is 5.88 Å². The summed E-state index contributed by atoms with van der Waals surface area (Å²) in [7, 11) is 1.69.